The van der Waals surface area contributed by atoms with E-state index < -0.39 is 0 Å². The lowest BCUT2D eigenvalue weighted by atomic mass is 10.2. The quantitative estimate of drug-likeness (QED) is 0.697. The van der Waals surface area contributed by atoms with E-state index in [0.717, 1.165) is 16.7 Å². The Morgan fingerprint density at radius 3 is 2.60 bits per heavy atom. The number of nitriles is 1. The highest BCUT2D eigenvalue weighted by Crippen LogP contribution is 2.21. The standard InChI is InChI=1S/C11H10N4/c1-15(2)11-8-5-3-4-6-9(8)13-10(7-12)14-11/h3-6H,1-2H3. The Hall–Kier alpha value is -2.15. The van der Waals surface area contributed by atoms with Crippen LogP contribution in [0.25, 0.3) is 10.9 Å². The zero-order valence-electron chi connectivity index (χ0n) is 8.60. The van der Waals surface area contributed by atoms with Crippen molar-refractivity contribution in [2.45, 2.75) is 0 Å². The number of nitrogens with zero attached hydrogens (tertiary/aromatic N) is 4. The summed E-state index contributed by atoms with van der Waals surface area (Å²) in [7, 11) is 3.80. The highest BCUT2D eigenvalue weighted by Gasteiger charge is 2.07. The second kappa shape index (κ2) is 3.54. The third-order valence-corrected chi connectivity index (χ3v) is 2.11. The molecular formula is C11H10N4. The molecule has 1 heterocycles. The zero-order chi connectivity index (χ0) is 10.8. The highest BCUT2D eigenvalue weighted by atomic mass is 15.1. The Balaban J connectivity index is 2.82. The predicted molar refractivity (Wildman–Crippen MR) is 58.6 cm³/mol. The summed E-state index contributed by atoms with van der Waals surface area (Å²) < 4.78 is 0. The smallest absolute Gasteiger partial charge is 0.234 e. The molecule has 0 saturated carbocycles. The number of hydrogen-bond donors (Lipinski definition) is 0. The minimum Gasteiger partial charge on any atom is -0.362 e. The van der Waals surface area contributed by atoms with E-state index >= 15 is 0 Å². The van der Waals surface area contributed by atoms with Gasteiger partial charge < -0.3 is 4.90 Å². The molecule has 1 aromatic carbocycles. The van der Waals surface area contributed by atoms with Crippen molar-refractivity contribution < 1.29 is 0 Å². The molecule has 2 rings (SSSR count). The molecule has 0 radical (unpaired) electrons. The van der Waals surface area contributed by atoms with E-state index in [1.54, 1.807) is 0 Å². The fraction of sp³-hybridized carbons (Fsp3) is 0.182. The molecule has 0 fully saturated rings. The number of hydrogen-bond acceptors (Lipinski definition) is 4. The van der Waals surface area contributed by atoms with Gasteiger partial charge in [-0.1, -0.05) is 12.1 Å². The van der Waals surface area contributed by atoms with Crippen LogP contribution in [0.2, 0.25) is 0 Å². The van der Waals surface area contributed by atoms with Crippen molar-refractivity contribution in [3.63, 3.8) is 0 Å². The second-order valence-corrected chi connectivity index (χ2v) is 3.39. The van der Waals surface area contributed by atoms with E-state index in [1.165, 1.54) is 0 Å². The number of aromatic nitrogens is 2. The van der Waals surface area contributed by atoms with Gasteiger partial charge in [-0.3, -0.25) is 0 Å². The fourth-order valence-electron chi connectivity index (χ4n) is 1.45. The summed E-state index contributed by atoms with van der Waals surface area (Å²) in [6.45, 7) is 0. The number of para-hydroxylation sites is 1. The van der Waals surface area contributed by atoms with Gasteiger partial charge in [0.25, 0.3) is 0 Å². The van der Waals surface area contributed by atoms with Gasteiger partial charge in [0.2, 0.25) is 5.82 Å². The Labute approximate surface area is 87.8 Å². The molecule has 4 nitrogen and oxygen atoms in total. The number of anilines is 1. The van der Waals surface area contributed by atoms with Crippen molar-refractivity contribution in [3.05, 3.63) is 30.1 Å². The molecule has 0 aliphatic heterocycles. The average molecular weight is 198 g/mol. The first-order chi connectivity index (χ1) is 7.22. The van der Waals surface area contributed by atoms with Gasteiger partial charge in [-0.25, -0.2) is 9.97 Å². The molecule has 0 aliphatic carbocycles. The third-order valence-electron chi connectivity index (χ3n) is 2.11. The molecular weight excluding hydrogens is 188 g/mol. The Morgan fingerprint density at radius 1 is 1.20 bits per heavy atom. The lowest BCUT2D eigenvalue weighted by Gasteiger charge is -2.13. The van der Waals surface area contributed by atoms with Crippen LogP contribution in [-0.4, -0.2) is 24.1 Å². The molecule has 0 bridgehead atoms. The maximum absolute atomic E-state index is 8.81. The Bertz CT molecular complexity index is 540. The van der Waals surface area contributed by atoms with E-state index in [0.29, 0.717) is 0 Å². The third kappa shape index (κ3) is 1.59. The van der Waals surface area contributed by atoms with Gasteiger partial charge in [-0.15, -0.1) is 0 Å². The Kier molecular flexibility index (Phi) is 2.22. The van der Waals surface area contributed by atoms with Crippen LogP contribution in [-0.2, 0) is 0 Å². The molecule has 15 heavy (non-hydrogen) atoms. The van der Waals surface area contributed by atoms with Gasteiger partial charge in [0.05, 0.1) is 5.52 Å². The van der Waals surface area contributed by atoms with Gasteiger partial charge in [0.15, 0.2) is 0 Å². The maximum atomic E-state index is 8.81. The van der Waals surface area contributed by atoms with Crippen LogP contribution >= 0.6 is 0 Å². The molecule has 0 aliphatic rings. The van der Waals surface area contributed by atoms with Crippen LogP contribution in [0.15, 0.2) is 24.3 Å². The Morgan fingerprint density at radius 2 is 1.93 bits per heavy atom. The summed E-state index contributed by atoms with van der Waals surface area (Å²) in [4.78, 5) is 10.2. The van der Waals surface area contributed by atoms with E-state index in [9.17, 15) is 0 Å². The summed E-state index contributed by atoms with van der Waals surface area (Å²) in [5.74, 6) is 0.981. The highest BCUT2D eigenvalue weighted by molar-refractivity contribution is 5.89. The molecule has 0 N–H and O–H groups in total. The van der Waals surface area contributed by atoms with Gasteiger partial charge in [-0.2, -0.15) is 5.26 Å². The van der Waals surface area contributed by atoms with Gasteiger partial charge in [0.1, 0.15) is 11.9 Å². The van der Waals surface area contributed by atoms with Gasteiger partial charge >= 0.3 is 0 Å². The van der Waals surface area contributed by atoms with Crippen LogP contribution in [0.4, 0.5) is 5.82 Å². The van der Waals surface area contributed by atoms with Crippen LogP contribution < -0.4 is 4.90 Å². The monoisotopic (exact) mass is 198 g/mol. The number of fused-ring (bicyclic) bond motifs is 1. The van der Waals surface area contributed by atoms with Crippen molar-refractivity contribution in [2.24, 2.45) is 0 Å². The molecule has 4 heteroatoms. The van der Waals surface area contributed by atoms with E-state index in [-0.39, 0.29) is 5.82 Å². The van der Waals surface area contributed by atoms with Crippen molar-refractivity contribution in [1.29, 1.82) is 5.26 Å². The topological polar surface area (TPSA) is 52.8 Å². The molecule has 1 aromatic heterocycles. The first-order valence-corrected chi connectivity index (χ1v) is 4.56. The average Bonchev–Trinajstić information content (AvgIpc) is 2.27. The molecule has 0 amide bonds. The summed E-state index contributed by atoms with van der Waals surface area (Å²) in [5, 5.41) is 9.77. The predicted octanol–water partition coefficient (Wildman–Crippen LogP) is 1.57. The van der Waals surface area contributed by atoms with Crippen molar-refractivity contribution in [1.82, 2.24) is 9.97 Å². The summed E-state index contributed by atoms with van der Waals surface area (Å²) in [6.07, 6.45) is 0. The van der Waals surface area contributed by atoms with E-state index in [1.807, 2.05) is 49.3 Å². The van der Waals surface area contributed by atoms with Crippen LogP contribution in [0.5, 0.6) is 0 Å². The maximum Gasteiger partial charge on any atom is 0.234 e. The molecule has 0 saturated heterocycles. The van der Waals surface area contributed by atoms with Crippen LogP contribution in [0.1, 0.15) is 5.82 Å². The first kappa shape index (κ1) is 9.41. The van der Waals surface area contributed by atoms with Gasteiger partial charge in [-0.05, 0) is 12.1 Å². The van der Waals surface area contributed by atoms with Crippen LogP contribution in [0, 0.1) is 11.3 Å². The summed E-state index contributed by atoms with van der Waals surface area (Å²) >= 11 is 0. The molecule has 2 aromatic rings. The first-order valence-electron chi connectivity index (χ1n) is 4.56. The summed E-state index contributed by atoms with van der Waals surface area (Å²) in [5.41, 5.74) is 0.799. The minimum atomic E-state index is 0.206. The number of benzene rings is 1. The van der Waals surface area contributed by atoms with Crippen molar-refractivity contribution >= 4 is 16.7 Å². The normalized spacial score (nSPS) is 9.93. The lowest BCUT2D eigenvalue weighted by Crippen LogP contribution is -2.12. The largest absolute Gasteiger partial charge is 0.362 e. The molecule has 74 valence electrons. The summed E-state index contributed by atoms with van der Waals surface area (Å²) in [6, 6.07) is 9.63. The van der Waals surface area contributed by atoms with Gasteiger partial charge in [0, 0.05) is 19.5 Å². The minimum absolute atomic E-state index is 0.206. The van der Waals surface area contributed by atoms with E-state index in [4.69, 9.17) is 5.26 Å². The fourth-order valence-corrected chi connectivity index (χ4v) is 1.45. The van der Waals surface area contributed by atoms with Crippen molar-refractivity contribution in [2.75, 3.05) is 19.0 Å². The molecule has 0 spiro atoms. The second-order valence-electron chi connectivity index (χ2n) is 3.39. The van der Waals surface area contributed by atoms with Crippen LogP contribution in [0.3, 0.4) is 0 Å². The lowest BCUT2D eigenvalue weighted by molar-refractivity contribution is 1.04. The van der Waals surface area contributed by atoms with E-state index in [2.05, 4.69) is 9.97 Å². The molecule has 0 unspecified atom stereocenters. The zero-order valence-corrected chi connectivity index (χ0v) is 8.60. The molecule has 0 atom stereocenters. The number of rotatable bonds is 1. The SMILES string of the molecule is CN(C)c1nc(C#N)nc2ccccc12. The van der Waals surface area contributed by atoms with Crippen molar-refractivity contribution in [3.8, 4) is 6.07 Å².